The SMILES string of the molecule is CCN(CC)S(=O)(=O)c1cc(C(=O)OCC(=O)Nc2nc(-c3ccc(OC)c(OC)c3)cs2)ccc1F. The molecule has 10 nitrogen and oxygen atoms in total. The van der Waals surface area contributed by atoms with Gasteiger partial charge < -0.3 is 14.2 Å². The fourth-order valence-electron chi connectivity index (χ4n) is 3.36. The molecular formula is C24H26FN3O7S2. The first-order valence-corrected chi connectivity index (χ1v) is 13.4. The van der Waals surface area contributed by atoms with Crippen LogP contribution in [0.2, 0.25) is 0 Å². The molecule has 3 aromatic rings. The average molecular weight is 552 g/mol. The molecule has 0 atom stereocenters. The molecule has 1 aromatic heterocycles. The van der Waals surface area contributed by atoms with E-state index >= 15 is 0 Å². The normalized spacial score (nSPS) is 11.3. The highest BCUT2D eigenvalue weighted by Crippen LogP contribution is 2.33. The van der Waals surface area contributed by atoms with Crippen LogP contribution < -0.4 is 14.8 Å². The number of hydrogen-bond donors (Lipinski definition) is 1. The van der Waals surface area contributed by atoms with E-state index in [0.717, 1.165) is 28.1 Å². The summed E-state index contributed by atoms with van der Waals surface area (Å²) in [7, 11) is -1.09. The first-order valence-electron chi connectivity index (χ1n) is 11.1. The number of hydrogen-bond acceptors (Lipinski definition) is 9. The van der Waals surface area contributed by atoms with E-state index in [-0.39, 0.29) is 23.8 Å². The summed E-state index contributed by atoms with van der Waals surface area (Å²) in [4.78, 5) is 28.5. The van der Waals surface area contributed by atoms with E-state index in [0.29, 0.717) is 17.2 Å². The van der Waals surface area contributed by atoms with Crippen molar-refractivity contribution in [3.05, 3.63) is 53.2 Å². The number of halogens is 1. The first kappa shape index (κ1) is 28.0. The van der Waals surface area contributed by atoms with Crippen molar-refractivity contribution in [3.8, 4) is 22.8 Å². The lowest BCUT2D eigenvalue weighted by atomic mass is 10.1. The molecule has 0 radical (unpaired) electrons. The maximum absolute atomic E-state index is 14.3. The molecule has 0 spiro atoms. The molecule has 0 aliphatic carbocycles. The predicted octanol–water partition coefficient (Wildman–Crippen LogP) is 3.79. The quantitative estimate of drug-likeness (QED) is 0.357. The van der Waals surface area contributed by atoms with Gasteiger partial charge in [0, 0.05) is 24.0 Å². The Morgan fingerprint density at radius 1 is 1.05 bits per heavy atom. The van der Waals surface area contributed by atoms with Crippen LogP contribution in [0, 0.1) is 5.82 Å². The number of rotatable bonds is 11. The smallest absolute Gasteiger partial charge is 0.338 e. The predicted molar refractivity (Wildman–Crippen MR) is 136 cm³/mol. The minimum absolute atomic E-state index is 0.137. The molecule has 0 aliphatic rings. The van der Waals surface area contributed by atoms with Gasteiger partial charge in [-0.25, -0.2) is 22.6 Å². The first-order chi connectivity index (χ1) is 17.6. The molecule has 2 aromatic carbocycles. The molecular weight excluding hydrogens is 525 g/mol. The molecule has 1 N–H and O–H groups in total. The van der Waals surface area contributed by atoms with E-state index in [2.05, 4.69) is 10.3 Å². The van der Waals surface area contributed by atoms with Crippen LogP contribution in [0.15, 0.2) is 46.7 Å². The molecule has 0 saturated heterocycles. The fraction of sp³-hybridized carbons (Fsp3) is 0.292. The van der Waals surface area contributed by atoms with Gasteiger partial charge in [0.1, 0.15) is 10.7 Å². The van der Waals surface area contributed by atoms with Crippen LogP contribution in [0.5, 0.6) is 11.5 Å². The topological polar surface area (TPSA) is 124 Å². The molecule has 0 fully saturated rings. The zero-order valence-electron chi connectivity index (χ0n) is 20.6. The number of ether oxygens (including phenoxy) is 3. The van der Waals surface area contributed by atoms with E-state index in [4.69, 9.17) is 14.2 Å². The van der Waals surface area contributed by atoms with Gasteiger partial charge in [-0.1, -0.05) is 13.8 Å². The highest BCUT2D eigenvalue weighted by molar-refractivity contribution is 7.89. The van der Waals surface area contributed by atoms with Crippen molar-refractivity contribution in [1.82, 2.24) is 9.29 Å². The number of benzene rings is 2. The van der Waals surface area contributed by atoms with Gasteiger partial charge >= 0.3 is 5.97 Å². The summed E-state index contributed by atoms with van der Waals surface area (Å²) in [5.74, 6) is -1.53. The Labute approximate surface area is 218 Å². The van der Waals surface area contributed by atoms with Gasteiger partial charge in [-0.15, -0.1) is 11.3 Å². The lowest BCUT2D eigenvalue weighted by Gasteiger charge is -2.19. The summed E-state index contributed by atoms with van der Waals surface area (Å²) in [5.41, 5.74) is 1.13. The second-order valence-electron chi connectivity index (χ2n) is 7.47. The number of esters is 1. The van der Waals surface area contributed by atoms with Crippen LogP contribution in [0.4, 0.5) is 9.52 Å². The van der Waals surface area contributed by atoms with Gasteiger partial charge in [0.05, 0.1) is 25.5 Å². The highest BCUT2D eigenvalue weighted by atomic mass is 32.2. The van der Waals surface area contributed by atoms with E-state index in [1.165, 1.54) is 25.6 Å². The molecule has 0 unspecified atom stereocenters. The van der Waals surface area contributed by atoms with Crippen molar-refractivity contribution in [2.45, 2.75) is 18.7 Å². The number of methoxy groups -OCH3 is 2. The number of sulfonamides is 1. The Hall–Kier alpha value is -3.55. The Morgan fingerprint density at radius 2 is 1.76 bits per heavy atom. The number of nitrogens with one attached hydrogen (secondary N) is 1. The second-order valence-corrected chi connectivity index (χ2v) is 10.2. The minimum atomic E-state index is -4.14. The minimum Gasteiger partial charge on any atom is -0.493 e. The van der Waals surface area contributed by atoms with Crippen LogP contribution in [0.25, 0.3) is 11.3 Å². The highest BCUT2D eigenvalue weighted by Gasteiger charge is 2.27. The van der Waals surface area contributed by atoms with E-state index in [9.17, 15) is 22.4 Å². The number of thiazole rings is 1. The monoisotopic (exact) mass is 551 g/mol. The lowest BCUT2D eigenvalue weighted by Crippen LogP contribution is -2.31. The Morgan fingerprint density at radius 3 is 2.41 bits per heavy atom. The Bertz CT molecular complexity index is 1390. The Kier molecular flexibility index (Phi) is 9.18. The molecule has 1 heterocycles. The van der Waals surface area contributed by atoms with Crippen molar-refractivity contribution < 1.29 is 36.6 Å². The summed E-state index contributed by atoms with van der Waals surface area (Å²) in [5, 5.41) is 4.55. The van der Waals surface area contributed by atoms with Gasteiger partial charge in [-0.2, -0.15) is 4.31 Å². The molecule has 0 bridgehead atoms. The van der Waals surface area contributed by atoms with Gasteiger partial charge in [0.2, 0.25) is 10.0 Å². The number of anilines is 1. The van der Waals surface area contributed by atoms with Gasteiger partial charge in [0.25, 0.3) is 5.91 Å². The summed E-state index contributed by atoms with van der Waals surface area (Å²) >= 11 is 1.17. The number of nitrogens with zero attached hydrogens (tertiary/aromatic N) is 2. The van der Waals surface area contributed by atoms with Crippen molar-refractivity contribution in [3.63, 3.8) is 0 Å². The van der Waals surface area contributed by atoms with Crippen LogP contribution in [0.1, 0.15) is 24.2 Å². The lowest BCUT2D eigenvalue weighted by molar-refractivity contribution is -0.119. The van der Waals surface area contributed by atoms with Crippen LogP contribution in [-0.4, -0.2) is 63.5 Å². The number of aromatic nitrogens is 1. The molecule has 37 heavy (non-hydrogen) atoms. The zero-order valence-corrected chi connectivity index (χ0v) is 22.2. The van der Waals surface area contributed by atoms with Crippen molar-refractivity contribution in [2.75, 3.05) is 39.2 Å². The van der Waals surface area contributed by atoms with Crippen LogP contribution >= 0.6 is 11.3 Å². The molecule has 13 heteroatoms. The van der Waals surface area contributed by atoms with E-state index in [1.54, 1.807) is 37.4 Å². The number of carbonyl (C=O) groups is 2. The maximum Gasteiger partial charge on any atom is 0.338 e. The largest absolute Gasteiger partial charge is 0.493 e. The summed E-state index contributed by atoms with van der Waals surface area (Å²) in [6.45, 7) is 2.86. The van der Waals surface area contributed by atoms with Gasteiger partial charge in [0.15, 0.2) is 23.2 Å². The molecule has 3 rings (SSSR count). The van der Waals surface area contributed by atoms with Crippen LogP contribution in [0.3, 0.4) is 0 Å². The number of carbonyl (C=O) groups excluding carboxylic acids is 2. The summed E-state index contributed by atoms with van der Waals surface area (Å²) in [6, 6.07) is 8.14. The van der Waals surface area contributed by atoms with Crippen molar-refractivity contribution in [2.24, 2.45) is 0 Å². The number of amides is 1. The molecule has 0 saturated carbocycles. The van der Waals surface area contributed by atoms with Crippen molar-refractivity contribution in [1.29, 1.82) is 0 Å². The van der Waals surface area contributed by atoms with Crippen molar-refractivity contribution >= 4 is 38.4 Å². The summed E-state index contributed by atoms with van der Waals surface area (Å²) < 4.78 is 56.2. The third-order valence-electron chi connectivity index (χ3n) is 5.25. The average Bonchev–Trinajstić information content (AvgIpc) is 3.35. The molecule has 1 amide bonds. The Balaban J connectivity index is 1.65. The van der Waals surface area contributed by atoms with Gasteiger partial charge in [-0.05, 0) is 36.4 Å². The van der Waals surface area contributed by atoms with Gasteiger partial charge in [-0.3, -0.25) is 10.1 Å². The molecule has 198 valence electrons. The molecule has 0 aliphatic heterocycles. The maximum atomic E-state index is 14.3. The third kappa shape index (κ3) is 6.42. The van der Waals surface area contributed by atoms with Crippen LogP contribution in [-0.2, 0) is 19.6 Å². The van der Waals surface area contributed by atoms with E-state index < -0.39 is 39.2 Å². The zero-order chi connectivity index (χ0) is 27.2. The standard InChI is InChI=1S/C24H26FN3O7S2/c1-5-28(6-2)37(31,32)21-12-16(7-9-17(21)25)23(30)35-13-22(29)27-24-26-18(14-36-24)15-8-10-19(33-3)20(11-15)34-4/h7-12,14H,5-6,13H2,1-4H3,(H,26,27,29). The third-order valence-corrected chi connectivity index (χ3v) is 8.08. The fourth-order valence-corrected chi connectivity index (χ4v) is 5.64. The van der Waals surface area contributed by atoms with E-state index in [1.807, 2.05) is 0 Å². The second kappa shape index (κ2) is 12.1. The summed E-state index contributed by atoms with van der Waals surface area (Å²) in [6.07, 6.45) is 0.